The SMILES string of the molecule is CC1CCCN1Cc1ccc(C2(O)CCC3CN(Cc4ccccc4)CC32)cc1. The number of rotatable bonds is 5. The van der Waals surface area contributed by atoms with Crippen LogP contribution >= 0.6 is 0 Å². The summed E-state index contributed by atoms with van der Waals surface area (Å²) in [5.74, 6) is 0.976. The van der Waals surface area contributed by atoms with Crippen molar-refractivity contribution in [3.8, 4) is 0 Å². The van der Waals surface area contributed by atoms with Crippen molar-refractivity contribution >= 4 is 0 Å². The van der Waals surface area contributed by atoms with E-state index in [2.05, 4.69) is 71.3 Å². The summed E-state index contributed by atoms with van der Waals surface area (Å²) in [6, 6.07) is 20.3. The molecule has 2 aromatic carbocycles. The number of fused-ring (bicyclic) bond motifs is 1. The van der Waals surface area contributed by atoms with E-state index < -0.39 is 5.60 Å². The molecule has 5 rings (SSSR count). The molecule has 3 nitrogen and oxygen atoms in total. The molecule has 0 bridgehead atoms. The van der Waals surface area contributed by atoms with Crippen molar-refractivity contribution in [2.24, 2.45) is 11.8 Å². The normalized spacial score (nSPS) is 32.7. The summed E-state index contributed by atoms with van der Waals surface area (Å²) in [6.45, 7) is 7.71. The fourth-order valence-corrected chi connectivity index (χ4v) is 6.07. The number of aliphatic hydroxyl groups is 1. The van der Waals surface area contributed by atoms with E-state index in [0.29, 0.717) is 17.9 Å². The Labute approximate surface area is 175 Å². The van der Waals surface area contributed by atoms with E-state index in [4.69, 9.17) is 0 Å². The van der Waals surface area contributed by atoms with Gasteiger partial charge in [0.25, 0.3) is 0 Å². The highest BCUT2D eigenvalue weighted by Crippen LogP contribution is 2.50. The van der Waals surface area contributed by atoms with Gasteiger partial charge in [0, 0.05) is 38.1 Å². The summed E-state index contributed by atoms with van der Waals surface area (Å²) in [5.41, 5.74) is 3.22. The van der Waals surface area contributed by atoms with Crippen LogP contribution in [-0.4, -0.2) is 40.6 Å². The molecule has 2 aliphatic heterocycles. The summed E-state index contributed by atoms with van der Waals surface area (Å²) in [4.78, 5) is 5.12. The van der Waals surface area contributed by atoms with Gasteiger partial charge in [-0.15, -0.1) is 0 Å². The average molecular weight is 391 g/mol. The molecule has 3 aliphatic rings. The third kappa shape index (κ3) is 3.76. The van der Waals surface area contributed by atoms with Gasteiger partial charge in [0.15, 0.2) is 0 Å². The van der Waals surface area contributed by atoms with E-state index in [0.717, 1.165) is 44.6 Å². The van der Waals surface area contributed by atoms with Crippen molar-refractivity contribution in [1.29, 1.82) is 0 Å². The topological polar surface area (TPSA) is 26.7 Å². The molecule has 0 radical (unpaired) electrons. The average Bonchev–Trinajstić information content (AvgIpc) is 3.41. The number of likely N-dealkylation sites (tertiary alicyclic amines) is 2. The summed E-state index contributed by atoms with van der Waals surface area (Å²) in [5, 5.41) is 11.7. The fourth-order valence-electron chi connectivity index (χ4n) is 6.07. The molecule has 2 aromatic rings. The predicted molar refractivity (Wildman–Crippen MR) is 117 cm³/mol. The van der Waals surface area contributed by atoms with Gasteiger partial charge in [-0.1, -0.05) is 54.6 Å². The number of hydrogen-bond acceptors (Lipinski definition) is 3. The quantitative estimate of drug-likeness (QED) is 0.820. The van der Waals surface area contributed by atoms with Crippen LogP contribution in [0.15, 0.2) is 54.6 Å². The van der Waals surface area contributed by atoms with Gasteiger partial charge in [0.05, 0.1) is 5.60 Å². The zero-order chi connectivity index (χ0) is 19.8. The molecule has 3 heteroatoms. The van der Waals surface area contributed by atoms with E-state index in [1.165, 1.54) is 30.5 Å². The Bertz CT molecular complexity index is 820. The van der Waals surface area contributed by atoms with Crippen LogP contribution in [0, 0.1) is 11.8 Å². The van der Waals surface area contributed by atoms with Crippen molar-refractivity contribution in [2.45, 2.75) is 57.3 Å². The molecule has 2 heterocycles. The van der Waals surface area contributed by atoms with Crippen molar-refractivity contribution in [2.75, 3.05) is 19.6 Å². The van der Waals surface area contributed by atoms with Crippen LogP contribution in [0.3, 0.4) is 0 Å². The lowest BCUT2D eigenvalue weighted by molar-refractivity contribution is -0.00685. The maximum Gasteiger partial charge on any atom is 0.0940 e. The Morgan fingerprint density at radius 1 is 0.931 bits per heavy atom. The molecule has 4 atom stereocenters. The van der Waals surface area contributed by atoms with Crippen molar-refractivity contribution in [3.05, 3.63) is 71.3 Å². The lowest BCUT2D eigenvalue weighted by Gasteiger charge is -2.31. The van der Waals surface area contributed by atoms with Crippen LogP contribution in [0.4, 0.5) is 0 Å². The first-order valence-electron chi connectivity index (χ1n) is 11.4. The minimum atomic E-state index is -0.657. The highest BCUT2D eigenvalue weighted by atomic mass is 16.3. The number of benzene rings is 2. The van der Waals surface area contributed by atoms with E-state index in [9.17, 15) is 5.11 Å². The first kappa shape index (κ1) is 19.3. The molecule has 1 aliphatic carbocycles. The second kappa shape index (κ2) is 7.86. The Hall–Kier alpha value is -1.68. The minimum Gasteiger partial charge on any atom is -0.385 e. The molecule has 1 saturated carbocycles. The molecular weight excluding hydrogens is 356 g/mol. The lowest BCUT2D eigenvalue weighted by Crippen LogP contribution is -2.34. The Balaban J connectivity index is 1.27. The predicted octanol–water partition coefficient (Wildman–Crippen LogP) is 4.40. The van der Waals surface area contributed by atoms with E-state index >= 15 is 0 Å². The molecule has 2 saturated heterocycles. The highest BCUT2D eigenvalue weighted by molar-refractivity contribution is 5.30. The highest BCUT2D eigenvalue weighted by Gasteiger charge is 2.52. The molecular formula is C26H34N2O. The molecule has 154 valence electrons. The van der Waals surface area contributed by atoms with Gasteiger partial charge in [0.1, 0.15) is 0 Å². The second-order valence-electron chi connectivity index (χ2n) is 9.67. The fraction of sp³-hybridized carbons (Fsp3) is 0.538. The smallest absolute Gasteiger partial charge is 0.0940 e. The number of hydrogen-bond donors (Lipinski definition) is 1. The molecule has 4 unspecified atom stereocenters. The third-order valence-electron chi connectivity index (χ3n) is 7.81. The molecule has 0 aromatic heterocycles. The Morgan fingerprint density at radius 2 is 1.69 bits per heavy atom. The van der Waals surface area contributed by atoms with Crippen LogP contribution in [-0.2, 0) is 18.7 Å². The lowest BCUT2D eigenvalue weighted by atomic mass is 9.82. The summed E-state index contributed by atoms with van der Waals surface area (Å²) in [6.07, 6.45) is 4.69. The van der Waals surface area contributed by atoms with Gasteiger partial charge in [0.2, 0.25) is 0 Å². The summed E-state index contributed by atoms with van der Waals surface area (Å²) < 4.78 is 0. The summed E-state index contributed by atoms with van der Waals surface area (Å²) >= 11 is 0. The van der Waals surface area contributed by atoms with Crippen LogP contribution in [0.2, 0.25) is 0 Å². The van der Waals surface area contributed by atoms with Crippen LogP contribution in [0.25, 0.3) is 0 Å². The zero-order valence-corrected chi connectivity index (χ0v) is 17.6. The number of nitrogens with zero attached hydrogens (tertiary/aromatic N) is 2. The zero-order valence-electron chi connectivity index (χ0n) is 17.6. The van der Waals surface area contributed by atoms with Crippen LogP contribution < -0.4 is 0 Å². The largest absolute Gasteiger partial charge is 0.385 e. The monoisotopic (exact) mass is 390 g/mol. The van der Waals surface area contributed by atoms with Gasteiger partial charge in [-0.05, 0) is 61.8 Å². The van der Waals surface area contributed by atoms with E-state index in [1.807, 2.05) is 0 Å². The maximum atomic E-state index is 11.7. The first-order chi connectivity index (χ1) is 14.1. The van der Waals surface area contributed by atoms with Gasteiger partial charge >= 0.3 is 0 Å². The minimum absolute atomic E-state index is 0.357. The van der Waals surface area contributed by atoms with Crippen LogP contribution in [0.1, 0.15) is 49.3 Å². The Kier molecular flexibility index (Phi) is 5.23. The van der Waals surface area contributed by atoms with Gasteiger partial charge in [-0.25, -0.2) is 0 Å². The third-order valence-corrected chi connectivity index (χ3v) is 7.81. The summed E-state index contributed by atoms with van der Waals surface area (Å²) in [7, 11) is 0. The standard InChI is InChI=1S/C26H34N2O/c1-20-6-5-15-28(20)17-22-9-11-24(12-10-22)26(29)14-13-23-18-27(19-25(23)26)16-21-7-3-2-4-8-21/h2-4,7-12,20,23,25,29H,5-6,13-19H2,1H3. The van der Waals surface area contributed by atoms with Gasteiger partial charge in [-0.3, -0.25) is 9.80 Å². The first-order valence-corrected chi connectivity index (χ1v) is 11.4. The second-order valence-corrected chi connectivity index (χ2v) is 9.67. The van der Waals surface area contributed by atoms with Crippen molar-refractivity contribution in [3.63, 3.8) is 0 Å². The van der Waals surface area contributed by atoms with Gasteiger partial charge in [-0.2, -0.15) is 0 Å². The van der Waals surface area contributed by atoms with Crippen LogP contribution in [0.5, 0.6) is 0 Å². The molecule has 0 spiro atoms. The Morgan fingerprint density at radius 3 is 2.41 bits per heavy atom. The van der Waals surface area contributed by atoms with Crippen molar-refractivity contribution in [1.82, 2.24) is 9.80 Å². The maximum absolute atomic E-state index is 11.7. The molecule has 1 N–H and O–H groups in total. The molecule has 0 amide bonds. The van der Waals surface area contributed by atoms with E-state index in [1.54, 1.807) is 0 Å². The van der Waals surface area contributed by atoms with Crippen molar-refractivity contribution < 1.29 is 5.11 Å². The van der Waals surface area contributed by atoms with Gasteiger partial charge < -0.3 is 5.11 Å². The molecule has 3 fully saturated rings. The molecule has 29 heavy (non-hydrogen) atoms. The van der Waals surface area contributed by atoms with E-state index in [-0.39, 0.29) is 0 Å².